The fraction of sp³-hybridized carbons (Fsp3) is 0.571. The topological polar surface area (TPSA) is 57.0 Å². The number of hydrogen-bond donors (Lipinski definition) is 1. The predicted molar refractivity (Wildman–Crippen MR) is 76.4 cm³/mol. The summed E-state index contributed by atoms with van der Waals surface area (Å²) in [7, 11) is 5.08. The molecule has 0 radical (unpaired) electrons. The predicted octanol–water partition coefficient (Wildman–Crippen LogP) is 1.37. The Morgan fingerprint density at radius 2 is 1.68 bits per heavy atom. The molecule has 5 heteroatoms. The smallest absolute Gasteiger partial charge is 0.123 e. The molecule has 0 aliphatic rings. The first-order chi connectivity index (χ1) is 9.21. The Balaban J connectivity index is 2.72. The largest absolute Gasteiger partial charge is 0.496 e. The second kappa shape index (κ2) is 8.74. The van der Waals surface area contributed by atoms with Crippen LogP contribution < -0.4 is 10.5 Å². The number of methoxy groups -OCH3 is 3. The van der Waals surface area contributed by atoms with E-state index in [2.05, 4.69) is 4.90 Å². The zero-order chi connectivity index (χ0) is 14.1. The van der Waals surface area contributed by atoms with Crippen molar-refractivity contribution in [2.45, 2.75) is 6.54 Å². The van der Waals surface area contributed by atoms with Crippen LogP contribution in [0.15, 0.2) is 18.2 Å². The van der Waals surface area contributed by atoms with Crippen molar-refractivity contribution < 1.29 is 14.2 Å². The molecule has 1 aromatic carbocycles. The summed E-state index contributed by atoms with van der Waals surface area (Å²) in [5.74, 6) is 0.856. The fourth-order valence-corrected chi connectivity index (χ4v) is 1.87. The molecular weight excluding hydrogens is 244 g/mol. The van der Waals surface area contributed by atoms with Gasteiger partial charge in [-0.1, -0.05) is 0 Å². The highest BCUT2D eigenvalue weighted by Gasteiger charge is 2.10. The Hall–Kier alpha value is -1.30. The van der Waals surface area contributed by atoms with E-state index in [9.17, 15) is 0 Å². The van der Waals surface area contributed by atoms with Crippen molar-refractivity contribution in [3.8, 4) is 5.75 Å². The van der Waals surface area contributed by atoms with Crippen LogP contribution in [-0.2, 0) is 16.0 Å². The van der Waals surface area contributed by atoms with Crippen molar-refractivity contribution in [2.75, 3.05) is 53.4 Å². The molecule has 0 heterocycles. The van der Waals surface area contributed by atoms with E-state index in [0.29, 0.717) is 13.2 Å². The van der Waals surface area contributed by atoms with Gasteiger partial charge in [0.15, 0.2) is 0 Å². The number of rotatable bonds is 9. The quantitative estimate of drug-likeness (QED) is 0.686. The molecule has 5 nitrogen and oxygen atoms in total. The number of nitrogen functional groups attached to an aromatic ring is 1. The van der Waals surface area contributed by atoms with Crippen LogP contribution in [0.1, 0.15) is 5.56 Å². The van der Waals surface area contributed by atoms with Crippen molar-refractivity contribution in [3.05, 3.63) is 23.8 Å². The monoisotopic (exact) mass is 268 g/mol. The Kier molecular flexibility index (Phi) is 7.25. The van der Waals surface area contributed by atoms with Crippen LogP contribution in [0.3, 0.4) is 0 Å². The van der Waals surface area contributed by atoms with Crippen LogP contribution in [0, 0.1) is 0 Å². The number of ether oxygens (including phenoxy) is 3. The molecule has 0 fully saturated rings. The molecule has 0 aliphatic carbocycles. The number of benzene rings is 1. The Bertz CT molecular complexity index is 364. The summed E-state index contributed by atoms with van der Waals surface area (Å²) >= 11 is 0. The number of anilines is 1. The van der Waals surface area contributed by atoms with Crippen LogP contribution in [0.4, 0.5) is 5.69 Å². The van der Waals surface area contributed by atoms with Crippen molar-refractivity contribution in [2.24, 2.45) is 0 Å². The maximum absolute atomic E-state index is 5.83. The minimum Gasteiger partial charge on any atom is -0.496 e. The zero-order valence-corrected chi connectivity index (χ0v) is 12.0. The third-order valence-corrected chi connectivity index (χ3v) is 2.92. The number of nitrogens with two attached hydrogens (primary N) is 1. The van der Waals surface area contributed by atoms with Gasteiger partial charge in [-0.15, -0.1) is 0 Å². The highest BCUT2D eigenvalue weighted by molar-refractivity contribution is 5.47. The summed E-state index contributed by atoms with van der Waals surface area (Å²) in [4.78, 5) is 2.25. The molecule has 0 saturated carbocycles. The average Bonchev–Trinajstić information content (AvgIpc) is 2.42. The summed E-state index contributed by atoms with van der Waals surface area (Å²) in [6.45, 7) is 3.83. The van der Waals surface area contributed by atoms with Gasteiger partial charge in [0.25, 0.3) is 0 Å². The van der Waals surface area contributed by atoms with E-state index in [1.165, 1.54) is 0 Å². The van der Waals surface area contributed by atoms with Crippen molar-refractivity contribution >= 4 is 5.69 Å². The third-order valence-electron chi connectivity index (χ3n) is 2.92. The summed E-state index contributed by atoms with van der Waals surface area (Å²) in [5.41, 5.74) is 7.66. The fourth-order valence-electron chi connectivity index (χ4n) is 1.87. The first-order valence-electron chi connectivity index (χ1n) is 6.34. The zero-order valence-electron chi connectivity index (χ0n) is 12.0. The molecule has 0 saturated heterocycles. The molecule has 0 aromatic heterocycles. The van der Waals surface area contributed by atoms with Crippen LogP contribution in [0.5, 0.6) is 5.75 Å². The van der Waals surface area contributed by atoms with Crippen molar-refractivity contribution in [3.63, 3.8) is 0 Å². The maximum atomic E-state index is 5.83. The lowest BCUT2D eigenvalue weighted by atomic mass is 10.1. The number of nitrogens with zero attached hydrogens (tertiary/aromatic N) is 1. The van der Waals surface area contributed by atoms with Gasteiger partial charge in [-0.2, -0.15) is 0 Å². The van der Waals surface area contributed by atoms with Crippen LogP contribution in [-0.4, -0.2) is 52.5 Å². The minimum absolute atomic E-state index is 0.689. The first kappa shape index (κ1) is 15.8. The molecule has 0 atom stereocenters. The van der Waals surface area contributed by atoms with Crippen molar-refractivity contribution in [1.82, 2.24) is 4.90 Å². The lowest BCUT2D eigenvalue weighted by Crippen LogP contribution is -2.30. The summed E-state index contributed by atoms with van der Waals surface area (Å²) in [6, 6.07) is 5.69. The van der Waals surface area contributed by atoms with E-state index in [0.717, 1.165) is 36.6 Å². The summed E-state index contributed by atoms with van der Waals surface area (Å²) < 4.78 is 15.6. The van der Waals surface area contributed by atoms with E-state index >= 15 is 0 Å². The molecule has 1 rings (SSSR count). The van der Waals surface area contributed by atoms with Gasteiger partial charge in [-0.3, -0.25) is 4.90 Å². The van der Waals surface area contributed by atoms with E-state index < -0.39 is 0 Å². The summed E-state index contributed by atoms with van der Waals surface area (Å²) in [5, 5.41) is 0. The Morgan fingerprint density at radius 1 is 1.05 bits per heavy atom. The molecule has 0 bridgehead atoms. The van der Waals surface area contributed by atoms with Crippen LogP contribution in [0.25, 0.3) is 0 Å². The van der Waals surface area contributed by atoms with E-state index in [1.54, 1.807) is 21.3 Å². The molecule has 0 unspecified atom stereocenters. The van der Waals surface area contributed by atoms with Gasteiger partial charge in [0.1, 0.15) is 5.75 Å². The van der Waals surface area contributed by atoms with Gasteiger partial charge in [-0.25, -0.2) is 0 Å². The van der Waals surface area contributed by atoms with Gasteiger partial charge in [0, 0.05) is 45.1 Å². The molecule has 0 amide bonds. The van der Waals surface area contributed by atoms with E-state index in [1.807, 2.05) is 18.2 Å². The normalized spacial score (nSPS) is 10.9. The minimum atomic E-state index is 0.689. The summed E-state index contributed by atoms with van der Waals surface area (Å²) in [6.07, 6.45) is 0. The molecule has 108 valence electrons. The Morgan fingerprint density at radius 3 is 2.21 bits per heavy atom. The van der Waals surface area contributed by atoms with Gasteiger partial charge >= 0.3 is 0 Å². The van der Waals surface area contributed by atoms with E-state index in [4.69, 9.17) is 19.9 Å². The van der Waals surface area contributed by atoms with Crippen LogP contribution in [0.2, 0.25) is 0 Å². The molecule has 19 heavy (non-hydrogen) atoms. The van der Waals surface area contributed by atoms with Gasteiger partial charge in [0.2, 0.25) is 0 Å². The van der Waals surface area contributed by atoms with Crippen LogP contribution >= 0.6 is 0 Å². The second-order valence-electron chi connectivity index (χ2n) is 4.33. The second-order valence-corrected chi connectivity index (χ2v) is 4.33. The standard InChI is InChI=1S/C14H24N2O3/c1-17-8-6-16(7-9-18-2)11-12-10-13(15)4-5-14(12)19-3/h4-5,10H,6-9,11,15H2,1-3H3. The first-order valence-corrected chi connectivity index (χ1v) is 6.34. The highest BCUT2D eigenvalue weighted by atomic mass is 16.5. The lowest BCUT2D eigenvalue weighted by Gasteiger charge is -2.22. The van der Waals surface area contributed by atoms with Gasteiger partial charge in [-0.05, 0) is 18.2 Å². The molecule has 2 N–H and O–H groups in total. The average molecular weight is 268 g/mol. The lowest BCUT2D eigenvalue weighted by molar-refractivity contribution is 0.110. The van der Waals surface area contributed by atoms with Crippen molar-refractivity contribution in [1.29, 1.82) is 0 Å². The molecule has 1 aromatic rings. The van der Waals surface area contributed by atoms with Gasteiger partial charge < -0.3 is 19.9 Å². The SMILES string of the molecule is COCCN(CCOC)Cc1cc(N)ccc1OC. The van der Waals surface area contributed by atoms with Gasteiger partial charge in [0.05, 0.1) is 20.3 Å². The third kappa shape index (κ3) is 5.46. The molecule has 0 spiro atoms. The Labute approximate surface area is 115 Å². The molecule has 0 aliphatic heterocycles. The number of hydrogen-bond acceptors (Lipinski definition) is 5. The molecular formula is C14H24N2O3. The maximum Gasteiger partial charge on any atom is 0.123 e. The van der Waals surface area contributed by atoms with E-state index in [-0.39, 0.29) is 0 Å². The highest BCUT2D eigenvalue weighted by Crippen LogP contribution is 2.22.